The van der Waals surface area contributed by atoms with Crippen LogP contribution in [-0.2, 0) is 17.4 Å². The van der Waals surface area contributed by atoms with Gasteiger partial charge >= 0.3 is 5.97 Å². The molecular weight excluding hydrogens is 322 g/mol. The zero-order valence-electron chi connectivity index (χ0n) is 15.1. The summed E-state index contributed by atoms with van der Waals surface area (Å²) >= 11 is 0. The van der Waals surface area contributed by atoms with Crippen molar-refractivity contribution in [3.05, 3.63) is 46.8 Å². The number of hydrogen-bond donors (Lipinski definition) is 2. The zero-order valence-corrected chi connectivity index (χ0v) is 15.1. The number of carboxylic acids is 1. The van der Waals surface area contributed by atoms with Gasteiger partial charge in [0.25, 0.3) is 5.91 Å². The van der Waals surface area contributed by atoms with Gasteiger partial charge in [0.15, 0.2) is 0 Å². The van der Waals surface area contributed by atoms with Gasteiger partial charge in [0.2, 0.25) is 0 Å². The molecule has 2 aromatic rings. The maximum Gasteiger partial charge on any atom is 0.306 e. The van der Waals surface area contributed by atoms with E-state index in [0.29, 0.717) is 22.6 Å². The third-order valence-corrected chi connectivity index (χ3v) is 4.34. The number of rotatable bonds is 6. The number of aromatic nitrogens is 2. The van der Waals surface area contributed by atoms with Crippen LogP contribution < -0.4 is 10.1 Å². The number of nitrogens with one attached hydrogen (secondary N) is 1. The van der Waals surface area contributed by atoms with Crippen LogP contribution in [-0.4, -0.2) is 33.9 Å². The molecule has 0 aliphatic heterocycles. The van der Waals surface area contributed by atoms with E-state index in [0.717, 1.165) is 5.69 Å². The molecule has 2 rings (SSSR count). The fourth-order valence-corrected chi connectivity index (χ4v) is 2.90. The summed E-state index contributed by atoms with van der Waals surface area (Å²) in [7, 11) is 3.30. The first-order valence-corrected chi connectivity index (χ1v) is 7.87. The molecule has 0 fully saturated rings. The number of amides is 1. The highest BCUT2D eigenvalue weighted by Crippen LogP contribution is 2.29. The topological polar surface area (TPSA) is 93.4 Å². The van der Waals surface area contributed by atoms with Crippen molar-refractivity contribution in [2.24, 2.45) is 7.05 Å². The van der Waals surface area contributed by atoms with Crippen molar-refractivity contribution in [1.29, 1.82) is 0 Å². The largest absolute Gasteiger partial charge is 0.497 e. The highest BCUT2D eigenvalue weighted by molar-refractivity contribution is 5.97. The second-order valence-electron chi connectivity index (χ2n) is 6.26. The molecule has 0 bridgehead atoms. The molecule has 25 heavy (non-hydrogen) atoms. The normalized spacial score (nSPS) is 13.2. The maximum atomic E-state index is 12.8. The number of carboxylic acid groups (broad SMARTS) is 1. The molecule has 2 N–H and O–H groups in total. The minimum absolute atomic E-state index is 0.260. The number of aliphatic carboxylic acids is 1. The van der Waals surface area contributed by atoms with Gasteiger partial charge in [-0.25, -0.2) is 0 Å². The highest BCUT2D eigenvalue weighted by Gasteiger charge is 2.33. The number of methoxy groups -OCH3 is 1. The van der Waals surface area contributed by atoms with Crippen LogP contribution in [0.5, 0.6) is 5.75 Å². The van der Waals surface area contributed by atoms with E-state index in [1.807, 2.05) is 0 Å². The SMILES string of the molecule is COc1cccc(C(C)(CC(=O)O)NC(=O)c2c(C)nn(C)c2C)c1. The summed E-state index contributed by atoms with van der Waals surface area (Å²) < 4.78 is 6.84. The molecule has 0 spiro atoms. The molecule has 0 saturated heterocycles. The van der Waals surface area contributed by atoms with E-state index in [1.165, 1.54) is 7.11 Å². The number of carbonyl (C=O) groups excluding carboxylic acids is 1. The highest BCUT2D eigenvalue weighted by atomic mass is 16.5. The van der Waals surface area contributed by atoms with Gasteiger partial charge in [-0.05, 0) is 38.5 Å². The van der Waals surface area contributed by atoms with Crippen molar-refractivity contribution in [3.8, 4) is 5.75 Å². The number of nitrogens with zero attached hydrogens (tertiary/aromatic N) is 2. The lowest BCUT2D eigenvalue weighted by Gasteiger charge is -2.30. The Kier molecular flexibility index (Phi) is 5.15. The Balaban J connectivity index is 2.43. The fraction of sp³-hybridized carbons (Fsp3) is 0.389. The Morgan fingerprint density at radius 2 is 2.04 bits per heavy atom. The minimum Gasteiger partial charge on any atom is -0.497 e. The van der Waals surface area contributed by atoms with Crippen LogP contribution in [0.2, 0.25) is 0 Å². The van der Waals surface area contributed by atoms with E-state index < -0.39 is 11.5 Å². The standard InChI is InChI=1S/C18H23N3O4/c1-11-16(12(2)21(4)20-11)17(24)19-18(3,10-15(22)23)13-7-6-8-14(9-13)25-5/h6-9H,10H2,1-5H3,(H,19,24)(H,22,23). The first-order valence-electron chi connectivity index (χ1n) is 7.87. The fourth-order valence-electron chi connectivity index (χ4n) is 2.90. The zero-order chi connectivity index (χ0) is 18.8. The average Bonchev–Trinajstić information content (AvgIpc) is 2.79. The molecule has 1 heterocycles. The van der Waals surface area contributed by atoms with Crippen LogP contribution in [0.3, 0.4) is 0 Å². The minimum atomic E-state index is -1.09. The van der Waals surface area contributed by atoms with Gasteiger partial charge in [-0.15, -0.1) is 0 Å². The molecule has 1 atom stereocenters. The molecule has 0 radical (unpaired) electrons. The van der Waals surface area contributed by atoms with Crippen LogP contribution in [0.25, 0.3) is 0 Å². The van der Waals surface area contributed by atoms with E-state index in [1.54, 1.807) is 56.8 Å². The molecular formula is C18H23N3O4. The van der Waals surface area contributed by atoms with Crippen molar-refractivity contribution in [2.75, 3.05) is 7.11 Å². The summed E-state index contributed by atoms with van der Waals surface area (Å²) in [6, 6.07) is 7.03. The lowest BCUT2D eigenvalue weighted by Crippen LogP contribution is -2.45. The molecule has 1 aromatic carbocycles. The van der Waals surface area contributed by atoms with E-state index >= 15 is 0 Å². The van der Waals surface area contributed by atoms with E-state index in [-0.39, 0.29) is 12.3 Å². The van der Waals surface area contributed by atoms with Crippen molar-refractivity contribution in [2.45, 2.75) is 32.7 Å². The van der Waals surface area contributed by atoms with E-state index in [9.17, 15) is 14.7 Å². The van der Waals surface area contributed by atoms with Crippen LogP contribution in [0.4, 0.5) is 0 Å². The number of benzene rings is 1. The van der Waals surface area contributed by atoms with Crippen LogP contribution in [0.1, 0.15) is 40.7 Å². The number of hydrogen-bond acceptors (Lipinski definition) is 4. The van der Waals surface area contributed by atoms with Gasteiger partial charge in [-0.1, -0.05) is 12.1 Å². The van der Waals surface area contributed by atoms with Crippen molar-refractivity contribution < 1.29 is 19.4 Å². The predicted octanol–water partition coefficient (Wildman–Crippen LogP) is 2.17. The summed E-state index contributed by atoms with van der Waals surface area (Å²) in [5.74, 6) is -0.767. The number of carbonyl (C=O) groups is 2. The van der Waals surface area contributed by atoms with Crippen LogP contribution in [0.15, 0.2) is 24.3 Å². The molecule has 7 nitrogen and oxygen atoms in total. The Morgan fingerprint density at radius 1 is 1.36 bits per heavy atom. The van der Waals surface area contributed by atoms with Gasteiger partial charge in [-0.2, -0.15) is 5.10 Å². The smallest absolute Gasteiger partial charge is 0.306 e. The Hall–Kier alpha value is -2.83. The summed E-state index contributed by atoms with van der Waals surface area (Å²) in [5.41, 5.74) is 1.34. The third kappa shape index (κ3) is 3.81. The monoisotopic (exact) mass is 345 g/mol. The van der Waals surface area contributed by atoms with Crippen molar-refractivity contribution in [1.82, 2.24) is 15.1 Å². The predicted molar refractivity (Wildman–Crippen MR) is 92.7 cm³/mol. The Bertz CT molecular complexity index is 813. The van der Waals surface area contributed by atoms with E-state index in [4.69, 9.17) is 4.74 Å². The van der Waals surface area contributed by atoms with Gasteiger partial charge in [-0.3, -0.25) is 14.3 Å². The average molecular weight is 345 g/mol. The van der Waals surface area contributed by atoms with Crippen LogP contribution in [0, 0.1) is 13.8 Å². The second kappa shape index (κ2) is 6.96. The summed E-state index contributed by atoms with van der Waals surface area (Å²) in [6.07, 6.45) is -0.260. The molecule has 0 saturated carbocycles. The van der Waals surface area contributed by atoms with Crippen molar-refractivity contribution >= 4 is 11.9 Å². The first kappa shape index (κ1) is 18.5. The van der Waals surface area contributed by atoms with Gasteiger partial charge in [0, 0.05) is 12.7 Å². The second-order valence-corrected chi connectivity index (χ2v) is 6.26. The lowest BCUT2D eigenvalue weighted by atomic mass is 9.88. The lowest BCUT2D eigenvalue weighted by molar-refractivity contribution is -0.138. The molecule has 0 aliphatic carbocycles. The summed E-state index contributed by atoms with van der Waals surface area (Å²) in [6.45, 7) is 5.24. The van der Waals surface area contributed by atoms with Gasteiger partial charge < -0.3 is 15.2 Å². The van der Waals surface area contributed by atoms with Gasteiger partial charge in [0.1, 0.15) is 5.75 Å². The van der Waals surface area contributed by atoms with Crippen molar-refractivity contribution in [3.63, 3.8) is 0 Å². The third-order valence-electron chi connectivity index (χ3n) is 4.34. The molecule has 1 unspecified atom stereocenters. The molecule has 134 valence electrons. The Labute approximate surface area is 146 Å². The molecule has 1 aromatic heterocycles. The quantitative estimate of drug-likeness (QED) is 0.837. The van der Waals surface area contributed by atoms with Crippen LogP contribution >= 0.6 is 0 Å². The molecule has 0 aliphatic rings. The molecule has 7 heteroatoms. The first-order chi connectivity index (χ1) is 11.7. The van der Waals surface area contributed by atoms with Gasteiger partial charge in [0.05, 0.1) is 30.3 Å². The Morgan fingerprint density at radius 3 is 2.56 bits per heavy atom. The summed E-state index contributed by atoms with van der Waals surface area (Å²) in [4.78, 5) is 24.2. The summed E-state index contributed by atoms with van der Waals surface area (Å²) in [5, 5.41) is 16.5. The molecule has 1 amide bonds. The number of ether oxygens (including phenoxy) is 1. The number of aryl methyl sites for hydroxylation is 2. The van der Waals surface area contributed by atoms with E-state index in [2.05, 4.69) is 10.4 Å². The maximum absolute atomic E-state index is 12.8.